The summed E-state index contributed by atoms with van der Waals surface area (Å²) in [4.78, 5) is 0. The van der Waals surface area contributed by atoms with Gasteiger partial charge in [-0.15, -0.1) is 0 Å². The van der Waals surface area contributed by atoms with E-state index in [1.807, 2.05) is 6.26 Å². The maximum Gasteiger partial charge on any atom is 0.116 e. The third kappa shape index (κ3) is 3.46. The maximum absolute atomic E-state index is 5.39. The molecule has 0 aliphatic rings. The smallest absolute Gasteiger partial charge is 0.116 e. The number of benzene rings is 3. The summed E-state index contributed by atoms with van der Waals surface area (Å²) < 4.78 is 5.39. The Labute approximate surface area is 161 Å². The van der Waals surface area contributed by atoms with Crippen LogP contribution in [0, 0.1) is 0 Å². The molecule has 1 nitrogen and oxygen atoms in total. The Morgan fingerprint density at radius 3 is 1.35 bits per heavy atom. The average Bonchev–Trinajstić information content (AvgIpc) is 3.21. The molecule has 1 aromatic heterocycles. The van der Waals surface area contributed by atoms with Gasteiger partial charge < -0.3 is 16.8 Å². The monoisotopic (exact) mass is 378 g/mol. The highest BCUT2D eigenvalue weighted by molar-refractivity contribution is 7.95. The second-order valence-corrected chi connectivity index (χ2v) is 9.59. The van der Waals surface area contributed by atoms with Crippen LogP contribution in [0.25, 0.3) is 0 Å². The van der Waals surface area contributed by atoms with Crippen LogP contribution in [-0.4, -0.2) is 0 Å². The molecule has 0 aliphatic carbocycles. The zero-order chi connectivity index (χ0) is 17.0. The molecule has 4 rings (SSSR count). The molecule has 0 saturated heterocycles. The van der Waals surface area contributed by atoms with Gasteiger partial charge in [-0.3, -0.25) is 0 Å². The first-order valence-electron chi connectivity index (χ1n) is 8.45. The van der Waals surface area contributed by atoms with Gasteiger partial charge in [-0.1, -0.05) is 54.6 Å². The van der Waals surface area contributed by atoms with Crippen LogP contribution in [0.4, 0.5) is 0 Å². The SMILES string of the molecule is [Cl-].c1ccc([P+](Cc2ccoc2)(c2ccccc2)c2ccccc2)cc1. The standard InChI is InChI=1S/C23H20OP.ClH/c1-4-10-21(11-5-1)25(19-20-16-17-24-18-20,22-12-6-2-7-13-22)23-14-8-3-9-15-23;/h1-18H,19H2;1H/q+1;/p-1. The molecule has 3 aromatic carbocycles. The van der Waals surface area contributed by atoms with E-state index >= 15 is 0 Å². The van der Waals surface area contributed by atoms with Crippen molar-refractivity contribution in [1.29, 1.82) is 0 Å². The molecule has 0 spiro atoms. The highest BCUT2D eigenvalue weighted by Crippen LogP contribution is 2.58. The van der Waals surface area contributed by atoms with E-state index < -0.39 is 7.26 Å². The summed E-state index contributed by atoms with van der Waals surface area (Å²) in [6.45, 7) is 0. The maximum atomic E-state index is 5.39. The van der Waals surface area contributed by atoms with Crippen LogP contribution in [0.5, 0.6) is 0 Å². The molecule has 0 N–H and O–H groups in total. The topological polar surface area (TPSA) is 13.1 Å². The summed E-state index contributed by atoms with van der Waals surface area (Å²) >= 11 is 0. The van der Waals surface area contributed by atoms with E-state index in [1.165, 1.54) is 21.5 Å². The molecule has 0 amide bonds. The van der Waals surface area contributed by atoms with Gasteiger partial charge in [-0.2, -0.15) is 0 Å². The van der Waals surface area contributed by atoms with E-state index in [1.54, 1.807) is 6.26 Å². The lowest BCUT2D eigenvalue weighted by Gasteiger charge is -2.27. The first-order valence-corrected chi connectivity index (χ1v) is 10.4. The quantitative estimate of drug-likeness (QED) is 0.482. The lowest BCUT2D eigenvalue weighted by Crippen LogP contribution is -3.00. The minimum Gasteiger partial charge on any atom is -1.00 e. The van der Waals surface area contributed by atoms with Crippen LogP contribution >= 0.6 is 7.26 Å². The molecule has 0 bridgehead atoms. The van der Waals surface area contributed by atoms with Crippen molar-refractivity contribution in [3.63, 3.8) is 0 Å². The molecule has 0 saturated carbocycles. The lowest BCUT2D eigenvalue weighted by atomic mass is 10.3. The highest BCUT2D eigenvalue weighted by Gasteiger charge is 2.45. The van der Waals surface area contributed by atoms with E-state index in [0.717, 1.165) is 6.16 Å². The highest BCUT2D eigenvalue weighted by atomic mass is 35.5. The average molecular weight is 379 g/mol. The van der Waals surface area contributed by atoms with Gasteiger partial charge in [0.15, 0.2) is 0 Å². The van der Waals surface area contributed by atoms with E-state index in [0.29, 0.717) is 0 Å². The molecule has 1 heterocycles. The minimum absolute atomic E-state index is 0. The number of rotatable bonds is 5. The third-order valence-electron chi connectivity index (χ3n) is 4.59. The Balaban J connectivity index is 0.00000196. The summed E-state index contributed by atoms with van der Waals surface area (Å²) in [5.74, 6) is 0. The van der Waals surface area contributed by atoms with Crippen LogP contribution in [-0.2, 0) is 6.16 Å². The van der Waals surface area contributed by atoms with E-state index in [-0.39, 0.29) is 12.4 Å². The van der Waals surface area contributed by atoms with E-state index in [4.69, 9.17) is 4.42 Å². The van der Waals surface area contributed by atoms with Crippen LogP contribution in [0.3, 0.4) is 0 Å². The van der Waals surface area contributed by atoms with Gasteiger partial charge in [0.2, 0.25) is 0 Å². The number of hydrogen-bond acceptors (Lipinski definition) is 1. The largest absolute Gasteiger partial charge is 1.00 e. The lowest BCUT2D eigenvalue weighted by molar-refractivity contribution is -0.00000520. The first-order chi connectivity index (χ1) is 12.4. The Kier molecular flexibility index (Phi) is 5.93. The predicted octanol–water partition coefficient (Wildman–Crippen LogP) is 1.78. The molecule has 26 heavy (non-hydrogen) atoms. The first kappa shape index (κ1) is 18.5. The Bertz CT molecular complexity index is 810. The van der Waals surface area contributed by atoms with Crippen molar-refractivity contribution in [1.82, 2.24) is 0 Å². The molecule has 0 aliphatic heterocycles. The third-order valence-corrected chi connectivity index (χ3v) is 8.97. The number of halogens is 1. The van der Waals surface area contributed by atoms with Gasteiger partial charge >= 0.3 is 0 Å². The molecule has 130 valence electrons. The van der Waals surface area contributed by atoms with Gasteiger partial charge in [-0.25, -0.2) is 0 Å². The Morgan fingerprint density at radius 2 is 1.00 bits per heavy atom. The fourth-order valence-corrected chi connectivity index (χ4v) is 7.64. The van der Waals surface area contributed by atoms with Crippen LogP contribution in [0.2, 0.25) is 0 Å². The van der Waals surface area contributed by atoms with E-state index in [2.05, 4.69) is 97.1 Å². The number of hydrogen-bond donors (Lipinski definition) is 0. The molecule has 0 unspecified atom stereocenters. The Morgan fingerprint density at radius 1 is 0.577 bits per heavy atom. The van der Waals surface area contributed by atoms with Crippen molar-refractivity contribution in [3.05, 3.63) is 115 Å². The molecule has 0 radical (unpaired) electrons. The van der Waals surface area contributed by atoms with Crippen LogP contribution in [0.1, 0.15) is 5.56 Å². The van der Waals surface area contributed by atoms with Gasteiger partial charge in [0.05, 0.1) is 12.5 Å². The van der Waals surface area contributed by atoms with Gasteiger partial charge in [0, 0.05) is 5.56 Å². The normalized spacial score (nSPS) is 10.9. The fourth-order valence-electron chi connectivity index (χ4n) is 3.42. The van der Waals surface area contributed by atoms with Gasteiger partial charge in [-0.05, 0) is 42.5 Å². The van der Waals surface area contributed by atoms with Crippen molar-refractivity contribution < 1.29 is 16.8 Å². The second kappa shape index (κ2) is 8.36. The molecule has 3 heteroatoms. The van der Waals surface area contributed by atoms with Crippen LogP contribution in [0.15, 0.2) is 114 Å². The summed E-state index contributed by atoms with van der Waals surface area (Å²) in [6.07, 6.45) is 4.61. The fraction of sp³-hybridized carbons (Fsp3) is 0.0435. The second-order valence-electron chi connectivity index (χ2n) is 6.11. The predicted molar refractivity (Wildman–Crippen MR) is 108 cm³/mol. The summed E-state index contributed by atoms with van der Waals surface area (Å²) in [5, 5.41) is 4.19. The van der Waals surface area contributed by atoms with Crippen molar-refractivity contribution in [2.75, 3.05) is 0 Å². The zero-order valence-electron chi connectivity index (χ0n) is 14.3. The molecule has 0 fully saturated rings. The summed E-state index contributed by atoms with van der Waals surface area (Å²) in [7, 11) is -1.80. The van der Waals surface area contributed by atoms with Crippen molar-refractivity contribution >= 4 is 23.2 Å². The zero-order valence-corrected chi connectivity index (χ0v) is 16.0. The minimum atomic E-state index is -1.80. The van der Waals surface area contributed by atoms with Gasteiger partial charge in [0.1, 0.15) is 29.3 Å². The molecular formula is C23H20ClOP. The molecule has 4 aromatic rings. The summed E-state index contributed by atoms with van der Waals surface area (Å²) in [5.41, 5.74) is 1.24. The van der Waals surface area contributed by atoms with Crippen LogP contribution < -0.4 is 28.3 Å². The molecular weight excluding hydrogens is 359 g/mol. The summed E-state index contributed by atoms with van der Waals surface area (Å²) in [6, 6.07) is 34.8. The number of furan rings is 1. The van der Waals surface area contributed by atoms with Crippen molar-refractivity contribution in [2.45, 2.75) is 6.16 Å². The van der Waals surface area contributed by atoms with E-state index in [9.17, 15) is 0 Å². The van der Waals surface area contributed by atoms with Crippen molar-refractivity contribution in [2.24, 2.45) is 0 Å². The van der Waals surface area contributed by atoms with Crippen molar-refractivity contribution in [3.8, 4) is 0 Å². The van der Waals surface area contributed by atoms with Gasteiger partial charge in [0.25, 0.3) is 0 Å². The molecule has 0 atom stereocenters. The Hall–Kier alpha value is -2.34.